The standard InChI is InChI=1S/C12H17BrN2O2S2/c1-3-12(4-2,11(14)18)15-19(16,17)10-8-6-5-7-9(10)13/h5-8,15H,3-4H2,1-2H3,(H2,14,18). The van der Waals surface area contributed by atoms with E-state index in [0.29, 0.717) is 17.3 Å². The number of hydrogen-bond acceptors (Lipinski definition) is 3. The van der Waals surface area contributed by atoms with Crippen LogP contribution in [0.25, 0.3) is 0 Å². The molecule has 0 atom stereocenters. The Morgan fingerprint density at radius 3 is 2.32 bits per heavy atom. The van der Waals surface area contributed by atoms with E-state index >= 15 is 0 Å². The maximum atomic E-state index is 12.4. The predicted octanol–water partition coefficient (Wildman–Crippen LogP) is 2.57. The maximum Gasteiger partial charge on any atom is 0.242 e. The molecule has 0 saturated carbocycles. The van der Waals surface area contributed by atoms with Gasteiger partial charge in [-0.2, -0.15) is 4.72 Å². The van der Waals surface area contributed by atoms with Gasteiger partial charge in [0.25, 0.3) is 0 Å². The van der Waals surface area contributed by atoms with Crippen molar-refractivity contribution >= 4 is 43.2 Å². The summed E-state index contributed by atoms with van der Waals surface area (Å²) in [6, 6.07) is 6.63. The molecule has 0 bridgehead atoms. The minimum absolute atomic E-state index is 0.160. The average molecular weight is 365 g/mol. The van der Waals surface area contributed by atoms with Crippen molar-refractivity contribution < 1.29 is 8.42 Å². The van der Waals surface area contributed by atoms with E-state index in [4.69, 9.17) is 18.0 Å². The van der Waals surface area contributed by atoms with E-state index < -0.39 is 15.6 Å². The van der Waals surface area contributed by atoms with Crippen molar-refractivity contribution in [1.29, 1.82) is 0 Å². The van der Waals surface area contributed by atoms with Crippen molar-refractivity contribution in [3.63, 3.8) is 0 Å². The van der Waals surface area contributed by atoms with Gasteiger partial charge in [-0.05, 0) is 40.9 Å². The second-order valence-electron chi connectivity index (χ2n) is 4.19. The third kappa shape index (κ3) is 3.53. The summed E-state index contributed by atoms with van der Waals surface area (Å²) in [7, 11) is -3.68. The number of hydrogen-bond donors (Lipinski definition) is 2. The fourth-order valence-electron chi connectivity index (χ4n) is 1.77. The first-order valence-corrected chi connectivity index (χ1v) is 8.56. The summed E-state index contributed by atoms with van der Waals surface area (Å²) in [5, 5.41) is 0. The molecule has 0 amide bonds. The molecule has 1 rings (SSSR count). The molecule has 0 aliphatic heterocycles. The van der Waals surface area contributed by atoms with Crippen molar-refractivity contribution in [2.24, 2.45) is 5.73 Å². The lowest BCUT2D eigenvalue weighted by molar-refractivity contribution is 0.465. The number of thiocarbonyl (C=S) groups is 1. The van der Waals surface area contributed by atoms with Gasteiger partial charge in [-0.1, -0.05) is 38.2 Å². The van der Waals surface area contributed by atoms with E-state index in [0.717, 1.165) is 0 Å². The van der Waals surface area contributed by atoms with Crippen molar-refractivity contribution in [3.8, 4) is 0 Å². The van der Waals surface area contributed by atoms with Crippen LogP contribution in [0.1, 0.15) is 26.7 Å². The first-order chi connectivity index (χ1) is 8.79. The number of halogens is 1. The first kappa shape index (κ1) is 16.6. The van der Waals surface area contributed by atoms with Crippen molar-refractivity contribution in [2.45, 2.75) is 37.1 Å². The average Bonchev–Trinajstić information content (AvgIpc) is 2.36. The number of benzene rings is 1. The Balaban J connectivity index is 3.23. The van der Waals surface area contributed by atoms with Gasteiger partial charge >= 0.3 is 0 Å². The molecule has 4 nitrogen and oxygen atoms in total. The summed E-state index contributed by atoms with van der Waals surface area (Å²) < 4.78 is 28.0. The molecule has 0 aromatic heterocycles. The summed E-state index contributed by atoms with van der Waals surface area (Å²) in [6.07, 6.45) is 1.00. The highest BCUT2D eigenvalue weighted by atomic mass is 79.9. The molecule has 1 aromatic carbocycles. The zero-order valence-corrected chi connectivity index (χ0v) is 14.0. The van der Waals surface area contributed by atoms with Crippen LogP contribution in [0, 0.1) is 0 Å². The number of nitrogens with two attached hydrogens (primary N) is 1. The van der Waals surface area contributed by atoms with Crippen LogP contribution < -0.4 is 10.5 Å². The van der Waals surface area contributed by atoms with Crippen LogP contribution in [0.4, 0.5) is 0 Å². The van der Waals surface area contributed by atoms with Crippen molar-refractivity contribution in [1.82, 2.24) is 4.72 Å². The third-order valence-corrected chi connectivity index (χ3v) is 6.07. The molecule has 19 heavy (non-hydrogen) atoms. The van der Waals surface area contributed by atoms with Crippen LogP contribution in [-0.4, -0.2) is 18.9 Å². The first-order valence-electron chi connectivity index (χ1n) is 5.87. The monoisotopic (exact) mass is 364 g/mol. The minimum atomic E-state index is -3.68. The van der Waals surface area contributed by atoms with Crippen LogP contribution in [0.3, 0.4) is 0 Å². The molecule has 1 aromatic rings. The molecular weight excluding hydrogens is 348 g/mol. The normalized spacial score (nSPS) is 12.4. The van der Waals surface area contributed by atoms with Crippen molar-refractivity contribution in [3.05, 3.63) is 28.7 Å². The van der Waals surface area contributed by atoms with Gasteiger partial charge in [0, 0.05) is 4.47 Å². The summed E-state index contributed by atoms with van der Waals surface area (Å²) in [5.74, 6) is 0. The van der Waals surface area contributed by atoms with Gasteiger partial charge in [0.15, 0.2) is 0 Å². The molecule has 0 saturated heterocycles. The van der Waals surface area contributed by atoms with Gasteiger partial charge in [-0.15, -0.1) is 0 Å². The molecule has 0 radical (unpaired) electrons. The van der Waals surface area contributed by atoms with Crippen LogP contribution in [-0.2, 0) is 10.0 Å². The fraction of sp³-hybridized carbons (Fsp3) is 0.417. The summed E-state index contributed by atoms with van der Waals surface area (Å²) >= 11 is 8.25. The van der Waals surface area contributed by atoms with Gasteiger partial charge in [0.05, 0.1) is 15.4 Å². The highest BCUT2D eigenvalue weighted by Gasteiger charge is 2.35. The minimum Gasteiger partial charge on any atom is -0.392 e. The van der Waals surface area contributed by atoms with E-state index in [1.54, 1.807) is 18.2 Å². The molecule has 0 spiro atoms. The molecule has 3 N–H and O–H groups in total. The quantitative estimate of drug-likeness (QED) is 0.760. The molecule has 0 unspecified atom stereocenters. The van der Waals surface area contributed by atoms with E-state index in [2.05, 4.69) is 20.7 Å². The Hall–Kier alpha value is -0.500. The van der Waals surface area contributed by atoms with Gasteiger partial charge in [0.1, 0.15) is 0 Å². The SMILES string of the molecule is CCC(CC)(NS(=O)(=O)c1ccccc1Br)C(N)=S. The smallest absolute Gasteiger partial charge is 0.242 e. The van der Waals surface area contributed by atoms with Gasteiger partial charge in [-0.25, -0.2) is 8.42 Å². The van der Waals surface area contributed by atoms with Crippen LogP contribution in [0.5, 0.6) is 0 Å². The second kappa shape index (κ2) is 6.30. The largest absolute Gasteiger partial charge is 0.392 e. The summed E-state index contributed by atoms with van der Waals surface area (Å²) in [4.78, 5) is 0.339. The van der Waals surface area contributed by atoms with E-state index in [1.165, 1.54) is 6.07 Å². The Morgan fingerprint density at radius 2 is 1.89 bits per heavy atom. The molecule has 0 aliphatic carbocycles. The van der Waals surface area contributed by atoms with Gasteiger partial charge in [-0.3, -0.25) is 0 Å². The zero-order valence-electron chi connectivity index (χ0n) is 10.8. The molecule has 0 heterocycles. The number of nitrogens with one attached hydrogen (secondary N) is 1. The highest BCUT2D eigenvalue weighted by molar-refractivity contribution is 9.10. The van der Waals surface area contributed by atoms with Crippen molar-refractivity contribution in [2.75, 3.05) is 0 Å². The topological polar surface area (TPSA) is 72.2 Å². The van der Waals surface area contributed by atoms with Crippen LogP contribution in [0.2, 0.25) is 0 Å². The lowest BCUT2D eigenvalue weighted by atomic mass is 9.94. The lowest BCUT2D eigenvalue weighted by Gasteiger charge is -2.31. The van der Waals surface area contributed by atoms with E-state index in [-0.39, 0.29) is 9.88 Å². The molecule has 106 valence electrons. The molecule has 0 aliphatic rings. The zero-order chi connectivity index (χ0) is 14.7. The van der Waals surface area contributed by atoms with Crippen LogP contribution >= 0.6 is 28.1 Å². The molecule has 0 fully saturated rings. The molecule has 7 heteroatoms. The summed E-state index contributed by atoms with van der Waals surface area (Å²) in [5.41, 5.74) is 4.82. The van der Waals surface area contributed by atoms with E-state index in [9.17, 15) is 8.42 Å². The Labute approximate surface area is 127 Å². The van der Waals surface area contributed by atoms with Gasteiger partial charge < -0.3 is 5.73 Å². The highest BCUT2D eigenvalue weighted by Crippen LogP contribution is 2.25. The number of sulfonamides is 1. The maximum absolute atomic E-state index is 12.4. The lowest BCUT2D eigenvalue weighted by Crippen LogP contribution is -2.55. The number of rotatable bonds is 6. The third-order valence-electron chi connectivity index (χ3n) is 3.13. The van der Waals surface area contributed by atoms with Gasteiger partial charge in [0.2, 0.25) is 10.0 Å². The Kier molecular flexibility index (Phi) is 5.49. The Bertz CT molecular complexity index is 569. The van der Waals surface area contributed by atoms with Crippen LogP contribution in [0.15, 0.2) is 33.6 Å². The second-order valence-corrected chi connectivity index (χ2v) is 7.13. The predicted molar refractivity (Wildman–Crippen MR) is 84.6 cm³/mol. The molecular formula is C12H17BrN2O2S2. The Morgan fingerprint density at radius 1 is 1.37 bits per heavy atom. The summed E-state index contributed by atoms with van der Waals surface area (Å²) in [6.45, 7) is 3.70. The van der Waals surface area contributed by atoms with E-state index in [1.807, 2.05) is 13.8 Å². The fourth-order valence-corrected chi connectivity index (χ4v) is 4.70.